The first kappa shape index (κ1) is 35.3. The highest BCUT2D eigenvalue weighted by Crippen LogP contribution is 2.36. The molecule has 2 aromatic heterocycles. The molecule has 0 radical (unpaired) electrons. The van der Waals surface area contributed by atoms with Crippen molar-refractivity contribution in [2.24, 2.45) is 0 Å². The molecule has 0 saturated carbocycles. The Bertz CT molecular complexity index is 2090. The average Bonchev–Trinajstić information content (AvgIpc) is 4.06. The molecule has 0 spiro atoms. The Hall–Kier alpha value is -5.75. The first-order chi connectivity index (χ1) is 26.3. The van der Waals surface area contributed by atoms with E-state index in [4.69, 9.17) is 14.7 Å². The van der Waals surface area contributed by atoms with E-state index < -0.39 is 6.04 Å². The topological polar surface area (TPSA) is 140 Å². The number of imidazole rings is 2. The Kier molecular flexibility index (Phi) is 10.0. The van der Waals surface area contributed by atoms with Crippen molar-refractivity contribution in [3.8, 4) is 33.6 Å². The van der Waals surface area contributed by atoms with E-state index in [0.717, 1.165) is 95.9 Å². The zero-order valence-corrected chi connectivity index (χ0v) is 30.7. The van der Waals surface area contributed by atoms with Crippen molar-refractivity contribution < 1.29 is 19.1 Å². The van der Waals surface area contributed by atoms with Gasteiger partial charge in [-0.05, 0) is 55.2 Å². The number of rotatable bonds is 9. The van der Waals surface area contributed by atoms with Gasteiger partial charge in [0.2, 0.25) is 5.91 Å². The Morgan fingerprint density at radius 3 is 1.80 bits per heavy atom. The standard InChI is InChI=1S/C42H46N8O4/c1-48(2)42(53)47-37(31-9-4-3-5-10-31)41(52)50-23-7-12-35(50)39-44-26-33(46-39)30-20-16-28(17-21-30)27-14-18-29(19-15-27)32-25-43-38(45-32)34-11-6-22-49(34)40(51)36-13-8-24-54-36/h3-5,9-10,14-21,25-26,34-37H,6-8,11-13,22-24H2,1-2H3,(H,43,45)(H,44,46)(H,47,53)/t34-,35-,36+,37+/m0/s1. The van der Waals surface area contributed by atoms with Gasteiger partial charge in [-0.25, -0.2) is 14.8 Å². The molecule has 5 heterocycles. The number of nitrogens with zero attached hydrogens (tertiary/aromatic N) is 5. The molecule has 4 atom stereocenters. The number of nitrogens with one attached hydrogen (secondary N) is 3. The number of carbonyl (C=O) groups excluding carboxylic acids is 3. The van der Waals surface area contributed by atoms with Crippen molar-refractivity contribution in [3.05, 3.63) is 108 Å². The number of amides is 4. The number of urea groups is 1. The van der Waals surface area contributed by atoms with Gasteiger partial charge in [0.15, 0.2) is 0 Å². The number of ether oxygens (including phenoxy) is 1. The second-order valence-electron chi connectivity index (χ2n) is 14.6. The lowest BCUT2D eigenvalue weighted by Crippen LogP contribution is -2.45. The van der Waals surface area contributed by atoms with Crippen LogP contribution in [-0.2, 0) is 14.3 Å². The van der Waals surface area contributed by atoms with Gasteiger partial charge < -0.3 is 34.7 Å². The van der Waals surface area contributed by atoms with Crippen LogP contribution in [0.3, 0.4) is 0 Å². The molecule has 278 valence electrons. The maximum absolute atomic E-state index is 14.0. The summed E-state index contributed by atoms with van der Waals surface area (Å²) in [6.07, 6.45) is 8.72. The number of benzene rings is 3. The molecule has 4 amide bonds. The smallest absolute Gasteiger partial charge is 0.317 e. The van der Waals surface area contributed by atoms with E-state index in [2.05, 4.69) is 63.8 Å². The molecule has 12 heteroatoms. The maximum atomic E-state index is 14.0. The van der Waals surface area contributed by atoms with Crippen LogP contribution in [0.5, 0.6) is 0 Å². The lowest BCUT2D eigenvalue weighted by Gasteiger charge is -2.29. The molecule has 12 nitrogen and oxygen atoms in total. The molecule has 3 fully saturated rings. The molecule has 3 aliphatic rings. The Morgan fingerprint density at radius 2 is 1.26 bits per heavy atom. The second-order valence-corrected chi connectivity index (χ2v) is 14.6. The Morgan fingerprint density at radius 1 is 0.722 bits per heavy atom. The molecular weight excluding hydrogens is 681 g/mol. The van der Waals surface area contributed by atoms with Crippen LogP contribution in [0, 0.1) is 0 Å². The average molecular weight is 727 g/mol. The minimum absolute atomic E-state index is 0.0484. The van der Waals surface area contributed by atoms with Crippen LogP contribution in [0.2, 0.25) is 0 Å². The summed E-state index contributed by atoms with van der Waals surface area (Å²) in [5.74, 6) is 1.50. The van der Waals surface area contributed by atoms with Gasteiger partial charge in [0.1, 0.15) is 23.8 Å². The summed E-state index contributed by atoms with van der Waals surface area (Å²) in [6.45, 7) is 1.99. The van der Waals surface area contributed by atoms with Gasteiger partial charge in [-0.15, -0.1) is 0 Å². The first-order valence-electron chi connectivity index (χ1n) is 18.9. The third-order valence-corrected chi connectivity index (χ3v) is 10.9. The van der Waals surface area contributed by atoms with E-state index in [0.29, 0.717) is 13.2 Å². The van der Waals surface area contributed by atoms with Crippen LogP contribution >= 0.6 is 0 Å². The minimum Gasteiger partial charge on any atom is -0.368 e. The van der Waals surface area contributed by atoms with E-state index in [1.54, 1.807) is 14.1 Å². The van der Waals surface area contributed by atoms with Crippen molar-refractivity contribution in [1.82, 2.24) is 40.0 Å². The Balaban J connectivity index is 0.930. The number of likely N-dealkylation sites (tertiary alicyclic amines) is 2. The molecule has 3 aliphatic heterocycles. The number of hydrogen-bond donors (Lipinski definition) is 3. The summed E-state index contributed by atoms with van der Waals surface area (Å²) in [5, 5.41) is 2.91. The second kappa shape index (κ2) is 15.3. The number of carbonyl (C=O) groups is 3. The zero-order valence-electron chi connectivity index (χ0n) is 30.7. The van der Waals surface area contributed by atoms with Crippen molar-refractivity contribution in [3.63, 3.8) is 0 Å². The van der Waals surface area contributed by atoms with Gasteiger partial charge in [0.25, 0.3) is 5.91 Å². The van der Waals surface area contributed by atoms with Crippen LogP contribution in [0.1, 0.15) is 73.9 Å². The van der Waals surface area contributed by atoms with Gasteiger partial charge in [0.05, 0.1) is 23.5 Å². The van der Waals surface area contributed by atoms with Crippen molar-refractivity contribution in [2.75, 3.05) is 33.8 Å². The predicted octanol–water partition coefficient (Wildman–Crippen LogP) is 6.65. The number of aromatic nitrogens is 4. The van der Waals surface area contributed by atoms with Crippen molar-refractivity contribution in [2.45, 2.75) is 62.8 Å². The van der Waals surface area contributed by atoms with E-state index in [9.17, 15) is 14.4 Å². The third kappa shape index (κ3) is 7.13. The fraction of sp³-hybridized carbons (Fsp3) is 0.357. The first-order valence-corrected chi connectivity index (χ1v) is 18.9. The number of hydrogen-bond acceptors (Lipinski definition) is 6. The van der Waals surface area contributed by atoms with Crippen LogP contribution in [0.4, 0.5) is 4.79 Å². The maximum Gasteiger partial charge on any atom is 0.317 e. The molecule has 8 rings (SSSR count). The number of aromatic amines is 2. The van der Waals surface area contributed by atoms with E-state index >= 15 is 0 Å². The highest BCUT2D eigenvalue weighted by molar-refractivity contribution is 5.88. The van der Waals surface area contributed by atoms with Crippen LogP contribution in [0.15, 0.2) is 91.3 Å². The summed E-state index contributed by atoms with van der Waals surface area (Å²) in [5.41, 5.74) is 6.54. The molecule has 5 aromatic rings. The SMILES string of the molecule is CN(C)C(=O)N[C@@H](C(=O)N1CCC[C@H]1c1nc(-c2ccc(-c3ccc(-c4c[nH]c([C@@H]5CCCN5C(=O)[C@H]5CCCO5)n4)cc3)cc2)c[nH]1)c1ccccc1. The molecule has 0 aliphatic carbocycles. The van der Waals surface area contributed by atoms with Gasteiger partial charge >= 0.3 is 6.03 Å². The molecule has 3 saturated heterocycles. The zero-order chi connectivity index (χ0) is 37.2. The molecular formula is C42H46N8O4. The van der Waals surface area contributed by atoms with Crippen LogP contribution in [0.25, 0.3) is 33.6 Å². The molecule has 3 aromatic carbocycles. The van der Waals surface area contributed by atoms with E-state index in [1.807, 2.05) is 52.5 Å². The normalized spacial score (nSPS) is 20.3. The minimum atomic E-state index is -0.800. The molecule has 3 N–H and O–H groups in total. The largest absolute Gasteiger partial charge is 0.368 e. The van der Waals surface area contributed by atoms with Crippen molar-refractivity contribution in [1.29, 1.82) is 0 Å². The summed E-state index contributed by atoms with van der Waals surface area (Å²) in [7, 11) is 3.32. The quantitative estimate of drug-likeness (QED) is 0.155. The summed E-state index contributed by atoms with van der Waals surface area (Å²) in [6, 6.07) is 24.6. The van der Waals surface area contributed by atoms with Gasteiger partial charge in [0, 0.05) is 57.3 Å². The van der Waals surface area contributed by atoms with E-state index in [-0.39, 0.29) is 36.0 Å². The highest BCUT2D eigenvalue weighted by Gasteiger charge is 2.38. The molecule has 54 heavy (non-hydrogen) atoms. The summed E-state index contributed by atoms with van der Waals surface area (Å²) < 4.78 is 5.68. The van der Waals surface area contributed by atoms with Gasteiger partial charge in [-0.1, -0.05) is 78.9 Å². The fourth-order valence-electron chi connectivity index (χ4n) is 7.92. The lowest BCUT2D eigenvalue weighted by atomic mass is 10.0. The Labute approximate surface area is 314 Å². The van der Waals surface area contributed by atoms with Gasteiger partial charge in [-0.3, -0.25) is 9.59 Å². The summed E-state index contributed by atoms with van der Waals surface area (Å²) in [4.78, 5) is 61.5. The monoisotopic (exact) mass is 726 g/mol. The predicted molar refractivity (Wildman–Crippen MR) is 205 cm³/mol. The van der Waals surface area contributed by atoms with Crippen LogP contribution in [-0.4, -0.2) is 92.4 Å². The van der Waals surface area contributed by atoms with Gasteiger partial charge in [-0.2, -0.15) is 0 Å². The van der Waals surface area contributed by atoms with Crippen molar-refractivity contribution >= 4 is 17.8 Å². The number of H-pyrrole nitrogens is 2. The van der Waals surface area contributed by atoms with E-state index in [1.165, 1.54) is 4.90 Å². The van der Waals surface area contributed by atoms with Crippen LogP contribution < -0.4 is 5.32 Å². The summed E-state index contributed by atoms with van der Waals surface area (Å²) >= 11 is 0. The fourth-order valence-corrected chi connectivity index (χ4v) is 7.92. The lowest BCUT2D eigenvalue weighted by molar-refractivity contribution is -0.142. The molecule has 0 unspecified atom stereocenters. The highest BCUT2D eigenvalue weighted by atomic mass is 16.5. The molecule has 0 bridgehead atoms. The third-order valence-electron chi connectivity index (χ3n) is 10.9.